The summed E-state index contributed by atoms with van der Waals surface area (Å²) in [4.78, 5) is 30.7. The number of imidazole rings is 1. The molecule has 1 amide bonds. The van der Waals surface area contributed by atoms with E-state index in [4.69, 9.17) is 4.74 Å². The predicted molar refractivity (Wildman–Crippen MR) is 128 cm³/mol. The first-order chi connectivity index (χ1) is 15.8. The summed E-state index contributed by atoms with van der Waals surface area (Å²) in [5.74, 6) is 0.732. The van der Waals surface area contributed by atoms with Crippen LogP contribution in [0.3, 0.4) is 0 Å². The molecule has 0 bridgehead atoms. The normalized spacial score (nSPS) is 14.5. The number of carbonyl (C=O) groups is 1. The molecule has 0 saturated carbocycles. The van der Waals surface area contributed by atoms with Gasteiger partial charge >= 0.3 is 6.09 Å². The third kappa shape index (κ3) is 4.26. The quantitative estimate of drug-likeness (QED) is 0.477. The number of aromatic nitrogens is 5. The number of carbonyl (C=O) groups excluding carboxylic acids is 1. The van der Waals surface area contributed by atoms with Crippen molar-refractivity contribution in [2.75, 3.05) is 18.4 Å². The molecule has 0 saturated heterocycles. The maximum absolute atomic E-state index is 12.3. The average molecular weight is 446 g/mol. The van der Waals surface area contributed by atoms with E-state index in [0.29, 0.717) is 13.1 Å². The molecule has 4 aromatic rings. The van der Waals surface area contributed by atoms with E-state index in [1.165, 1.54) is 0 Å². The van der Waals surface area contributed by atoms with Gasteiger partial charge in [-0.2, -0.15) is 0 Å². The van der Waals surface area contributed by atoms with E-state index in [2.05, 4.69) is 43.5 Å². The first kappa shape index (κ1) is 21.0. The minimum atomic E-state index is -0.498. The van der Waals surface area contributed by atoms with Crippen molar-refractivity contribution in [3.05, 3.63) is 48.7 Å². The van der Waals surface area contributed by atoms with Crippen LogP contribution < -0.4 is 5.32 Å². The molecule has 5 rings (SSSR count). The van der Waals surface area contributed by atoms with Crippen LogP contribution in [-0.4, -0.2) is 54.2 Å². The molecule has 1 aliphatic rings. The van der Waals surface area contributed by atoms with Gasteiger partial charge in [-0.25, -0.2) is 19.7 Å². The summed E-state index contributed by atoms with van der Waals surface area (Å²) in [5.41, 5.74) is 5.32. The number of ether oxygens (including phenoxy) is 1. The van der Waals surface area contributed by atoms with Gasteiger partial charge in [0.05, 0.1) is 22.7 Å². The molecule has 0 unspecified atom stereocenters. The fraction of sp³-hybridized carbons (Fsp3) is 0.333. The number of hydrogen-bond acceptors (Lipinski definition) is 6. The minimum absolute atomic E-state index is 0.280. The van der Waals surface area contributed by atoms with Gasteiger partial charge in [-0.1, -0.05) is 6.08 Å². The molecule has 0 spiro atoms. The highest BCUT2D eigenvalue weighted by Gasteiger charge is 2.24. The Kier molecular flexibility index (Phi) is 5.03. The molecule has 0 atom stereocenters. The molecule has 0 fully saturated rings. The largest absolute Gasteiger partial charge is 0.444 e. The number of nitrogens with one attached hydrogen (secondary N) is 2. The summed E-state index contributed by atoms with van der Waals surface area (Å²) < 4.78 is 7.47. The van der Waals surface area contributed by atoms with Gasteiger partial charge in [0.1, 0.15) is 23.4 Å². The van der Waals surface area contributed by atoms with Crippen LogP contribution in [0.5, 0.6) is 0 Å². The van der Waals surface area contributed by atoms with Crippen molar-refractivity contribution in [3.8, 4) is 0 Å². The fourth-order valence-electron chi connectivity index (χ4n) is 3.96. The summed E-state index contributed by atoms with van der Waals surface area (Å²) in [5, 5.41) is 4.33. The van der Waals surface area contributed by atoms with E-state index in [1.807, 2.05) is 44.5 Å². The van der Waals surface area contributed by atoms with Crippen molar-refractivity contribution in [3.63, 3.8) is 0 Å². The third-order valence-electron chi connectivity index (χ3n) is 5.62. The van der Waals surface area contributed by atoms with Gasteiger partial charge in [-0.05, 0) is 57.0 Å². The lowest BCUT2D eigenvalue weighted by Gasteiger charge is -2.29. The summed E-state index contributed by atoms with van der Waals surface area (Å²) >= 11 is 0. The second-order valence-corrected chi connectivity index (χ2v) is 9.26. The highest BCUT2D eigenvalue weighted by atomic mass is 16.6. The number of rotatable bonds is 3. The van der Waals surface area contributed by atoms with Gasteiger partial charge in [-0.3, -0.25) is 0 Å². The van der Waals surface area contributed by atoms with Crippen LogP contribution in [0.2, 0.25) is 0 Å². The standard InChI is InChI=1S/C24H27N7O2/c1-24(2,3)33-23(32)31-9-7-15(8-10-31)19-12-17-21(25-13-26-22(17)29-19)28-16-5-6-18-20(11-16)30(4)14-27-18/h5-7,11-14H,8-10H2,1-4H3,(H2,25,26,28,29). The number of nitrogens with zero attached hydrogens (tertiary/aromatic N) is 5. The molecule has 9 heteroatoms. The summed E-state index contributed by atoms with van der Waals surface area (Å²) in [6.45, 7) is 6.75. The lowest BCUT2D eigenvalue weighted by atomic mass is 10.1. The third-order valence-corrected chi connectivity index (χ3v) is 5.62. The zero-order chi connectivity index (χ0) is 23.2. The van der Waals surface area contributed by atoms with Crippen molar-refractivity contribution >= 4 is 45.2 Å². The van der Waals surface area contributed by atoms with E-state index in [-0.39, 0.29) is 6.09 Å². The smallest absolute Gasteiger partial charge is 0.410 e. The van der Waals surface area contributed by atoms with Gasteiger partial charge in [0.15, 0.2) is 0 Å². The Balaban J connectivity index is 1.37. The number of aryl methyl sites for hydroxylation is 1. The molecule has 1 aliphatic heterocycles. The molecule has 1 aromatic carbocycles. The molecule has 4 heterocycles. The summed E-state index contributed by atoms with van der Waals surface area (Å²) in [7, 11) is 1.97. The minimum Gasteiger partial charge on any atom is -0.444 e. The van der Waals surface area contributed by atoms with Crippen LogP contribution in [-0.2, 0) is 11.8 Å². The number of benzene rings is 1. The number of hydrogen-bond donors (Lipinski definition) is 2. The molecule has 9 nitrogen and oxygen atoms in total. The molecule has 0 radical (unpaired) electrons. The van der Waals surface area contributed by atoms with Crippen molar-refractivity contribution in [2.24, 2.45) is 7.05 Å². The van der Waals surface area contributed by atoms with Crippen LogP contribution in [0.15, 0.2) is 43.0 Å². The first-order valence-corrected chi connectivity index (χ1v) is 11.0. The number of anilines is 2. The van der Waals surface area contributed by atoms with Crippen molar-refractivity contribution < 1.29 is 9.53 Å². The van der Waals surface area contributed by atoms with Crippen molar-refractivity contribution in [2.45, 2.75) is 32.8 Å². The molecule has 3 aromatic heterocycles. The highest BCUT2D eigenvalue weighted by molar-refractivity contribution is 5.93. The first-order valence-electron chi connectivity index (χ1n) is 11.0. The summed E-state index contributed by atoms with van der Waals surface area (Å²) in [6, 6.07) is 8.10. The van der Waals surface area contributed by atoms with Crippen molar-refractivity contribution in [1.29, 1.82) is 0 Å². The highest BCUT2D eigenvalue weighted by Crippen LogP contribution is 2.30. The molecule has 2 N–H and O–H groups in total. The Hall–Kier alpha value is -3.88. The van der Waals surface area contributed by atoms with E-state index in [1.54, 1.807) is 17.6 Å². The number of fused-ring (bicyclic) bond motifs is 2. The lowest BCUT2D eigenvalue weighted by Crippen LogP contribution is -2.39. The zero-order valence-electron chi connectivity index (χ0n) is 19.2. The van der Waals surface area contributed by atoms with Crippen LogP contribution in [0.1, 0.15) is 32.9 Å². The van der Waals surface area contributed by atoms with Crippen LogP contribution in [0, 0.1) is 0 Å². The Morgan fingerprint density at radius 1 is 1.18 bits per heavy atom. The lowest BCUT2D eigenvalue weighted by molar-refractivity contribution is 0.0270. The average Bonchev–Trinajstić information content (AvgIpc) is 3.37. The van der Waals surface area contributed by atoms with Crippen LogP contribution in [0.25, 0.3) is 27.6 Å². The Morgan fingerprint density at radius 3 is 2.79 bits per heavy atom. The molecule has 170 valence electrons. The van der Waals surface area contributed by atoms with Crippen molar-refractivity contribution in [1.82, 2.24) is 29.4 Å². The molecular formula is C24H27N7O2. The predicted octanol–water partition coefficient (Wildman–Crippen LogP) is 4.61. The fourth-order valence-corrected chi connectivity index (χ4v) is 3.96. The molecule has 33 heavy (non-hydrogen) atoms. The number of aromatic amines is 1. The van der Waals surface area contributed by atoms with Gasteiger partial charge in [-0.15, -0.1) is 0 Å². The van der Waals surface area contributed by atoms with E-state index >= 15 is 0 Å². The van der Waals surface area contributed by atoms with Crippen LogP contribution >= 0.6 is 0 Å². The second-order valence-electron chi connectivity index (χ2n) is 9.26. The topological polar surface area (TPSA) is 101 Å². The SMILES string of the molecule is Cn1cnc2ccc(Nc3ncnc4[nH]c(C5=CCN(C(=O)OC(C)(C)C)CC5)cc34)cc21. The maximum Gasteiger partial charge on any atom is 0.410 e. The van der Waals surface area contributed by atoms with E-state index in [9.17, 15) is 4.79 Å². The monoisotopic (exact) mass is 445 g/mol. The number of H-pyrrole nitrogens is 1. The van der Waals surface area contributed by atoms with E-state index < -0.39 is 5.60 Å². The van der Waals surface area contributed by atoms with Gasteiger partial charge in [0.25, 0.3) is 0 Å². The maximum atomic E-state index is 12.3. The second kappa shape index (κ2) is 7.91. The van der Waals surface area contributed by atoms with Gasteiger partial charge in [0, 0.05) is 31.5 Å². The van der Waals surface area contributed by atoms with Crippen LogP contribution in [0.4, 0.5) is 16.3 Å². The zero-order valence-corrected chi connectivity index (χ0v) is 19.2. The Labute approximate surface area is 191 Å². The summed E-state index contributed by atoms with van der Waals surface area (Å²) in [6.07, 6.45) is 5.87. The van der Waals surface area contributed by atoms with Gasteiger partial charge < -0.3 is 24.5 Å². The van der Waals surface area contributed by atoms with E-state index in [0.717, 1.165) is 51.3 Å². The Morgan fingerprint density at radius 2 is 2.03 bits per heavy atom. The number of amides is 1. The molecular weight excluding hydrogens is 418 g/mol. The molecule has 0 aliphatic carbocycles. The van der Waals surface area contributed by atoms with Gasteiger partial charge in [0.2, 0.25) is 0 Å². The Bertz CT molecular complexity index is 1380.